The third-order valence-electron chi connectivity index (χ3n) is 5.96. The van der Waals surface area contributed by atoms with Crippen LogP contribution in [0.5, 0.6) is 11.5 Å². The zero-order chi connectivity index (χ0) is 23.4. The summed E-state index contributed by atoms with van der Waals surface area (Å²) < 4.78 is 10.3. The molecule has 8 heteroatoms. The topological polar surface area (TPSA) is 103 Å². The maximum Gasteiger partial charge on any atom is 0.311 e. The lowest BCUT2D eigenvalue weighted by Crippen LogP contribution is -2.25. The summed E-state index contributed by atoms with van der Waals surface area (Å²) >= 11 is 0. The fourth-order valence-corrected chi connectivity index (χ4v) is 4.25. The minimum Gasteiger partial charge on any atom is -0.496 e. The van der Waals surface area contributed by atoms with Gasteiger partial charge in [-0.2, -0.15) is 5.10 Å². The summed E-state index contributed by atoms with van der Waals surface area (Å²) in [6, 6.07) is 22.6. The summed E-state index contributed by atoms with van der Waals surface area (Å²) in [5.74, 6) is -0.0937. The van der Waals surface area contributed by atoms with Crippen molar-refractivity contribution >= 4 is 17.8 Å². The number of carbonyl (C=O) groups is 1. The average Bonchev–Trinajstić information content (AvgIpc) is 3.62. The highest BCUT2D eigenvalue weighted by atomic mass is 16.6. The van der Waals surface area contributed by atoms with E-state index in [0.717, 1.165) is 11.1 Å². The molecule has 0 aromatic heterocycles. The van der Waals surface area contributed by atoms with Gasteiger partial charge in [0.25, 0.3) is 0 Å². The number of methoxy groups -OCH3 is 2. The average molecular weight is 445 g/mol. The third-order valence-corrected chi connectivity index (χ3v) is 5.96. The first kappa shape index (κ1) is 22.0. The minimum absolute atomic E-state index is 0.0755. The Balaban J connectivity index is 1.56. The van der Waals surface area contributed by atoms with E-state index in [1.807, 2.05) is 60.7 Å². The third kappa shape index (κ3) is 4.15. The molecule has 1 saturated carbocycles. The van der Waals surface area contributed by atoms with Crippen LogP contribution in [0.25, 0.3) is 0 Å². The van der Waals surface area contributed by atoms with Gasteiger partial charge in [0.05, 0.1) is 31.3 Å². The van der Waals surface area contributed by atoms with E-state index in [0.29, 0.717) is 17.7 Å². The van der Waals surface area contributed by atoms with Gasteiger partial charge in [0, 0.05) is 23.1 Å². The molecule has 1 fully saturated rings. The van der Waals surface area contributed by atoms with Gasteiger partial charge < -0.3 is 9.47 Å². The van der Waals surface area contributed by atoms with E-state index in [1.165, 1.54) is 32.6 Å². The molecule has 0 saturated heterocycles. The van der Waals surface area contributed by atoms with E-state index in [9.17, 15) is 14.9 Å². The number of hydrogen-bond donors (Lipinski definition) is 1. The van der Waals surface area contributed by atoms with Crippen LogP contribution in [-0.2, 0) is 10.2 Å². The molecule has 1 N–H and O–H groups in total. The predicted octanol–water partition coefficient (Wildman–Crippen LogP) is 4.07. The van der Waals surface area contributed by atoms with Crippen molar-refractivity contribution in [2.24, 2.45) is 11.0 Å². The number of hydrogen-bond acceptors (Lipinski definition) is 6. The highest BCUT2D eigenvalue weighted by molar-refractivity contribution is 5.89. The number of nitro benzene ring substituents is 1. The molecule has 1 aliphatic rings. The highest BCUT2D eigenvalue weighted by Crippen LogP contribution is 2.58. The van der Waals surface area contributed by atoms with E-state index in [1.54, 1.807) is 0 Å². The first-order chi connectivity index (χ1) is 16.0. The van der Waals surface area contributed by atoms with Crippen molar-refractivity contribution in [1.82, 2.24) is 5.43 Å². The molecule has 1 amide bonds. The van der Waals surface area contributed by atoms with Crippen molar-refractivity contribution in [3.8, 4) is 11.5 Å². The molecule has 1 atom stereocenters. The minimum atomic E-state index is -0.549. The number of nitrogens with zero attached hydrogens (tertiary/aromatic N) is 2. The van der Waals surface area contributed by atoms with Crippen LogP contribution in [0, 0.1) is 16.0 Å². The van der Waals surface area contributed by atoms with Crippen molar-refractivity contribution in [2.45, 2.75) is 11.8 Å². The number of rotatable bonds is 8. The maximum atomic E-state index is 13.0. The summed E-state index contributed by atoms with van der Waals surface area (Å²) in [6.45, 7) is 0. The van der Waals surface area contributed by atoms with Crippen molar-refractivity contribution in [2.75, 3.05) is 14.2 Å². The van der Waals surface area contributed by atoms with E-state index < -0.39 is 10.3 Å². The van der Waals surface area contributed by atoms with Crippen molar-refractivity contribution in [1.29, 1.82) is 0 Å². The van der Waals surface area contributed by atoms with Crippen LogP contribution >= 0.6 is 0 Å². The molecule has 168 valence electrons. The van der Waals surface area contributed by atoms with E-state index >= 15 is 0 Å². The first-order valence-corrected chi connectivity index (χ1v) is 10.4. The van der Waals surface area contributed by atoms with Crippen LogP contribution in [0.4, 0.5) is 5.69 Å². The van der Waals surface area contributed by atoms with Crippen LogP contribution in [0.2, 0.25) is 0 Å². The summed E-state index contributed by atoms with van der Waals surface area (Å²) in [4.78, 5) is 23.8. The molecule has 0 radical (unpaired) electrons. The number of benzene rings is 3. The molecular weight excluding hydrogens is 422 g/mol. The van der Waals surface area contributed by atoms with E-state index in [2.05, 4.69) is 10.5 Å². The Kier molecular flexibility index (Phi) is 6.08. The van der Waals surface area contributed by atoms with Crippen molar-refractivity contribution in [3.05, 3.63) is 99.6 Å². The van der Waals surface area contributed by atoms with Crippen molar-refractivity contribution < 1.29 is 19.2 Å². The second-order valence-electron chi connectivity index (χ2n) is 7.72. The van der Waals surface area contributed by atoms with Gasteiger partial charge in [-0.15, -0.1) is 0 Å². The number of ether oxygens (including phenoxy) is 2. The van der Waals surface area contributed by atoms with Gasteiger partial charge in [0.2, 0.25) is 11.7 Å². The summed E-state index contributed by atoms with van der Waals surface area (Å²) in [5, 5.41) is 15.4. The Labute approximate surface area is 191 Å². The largest absolute Gasteiger partial charge is 0.496 e. The fraction of sp³-hybridized carbons (Fsp3) is 0.200. The number of hydrazone groups is 1. The van der Waals surface area contributed by atoms with Crippen LogP contribution in [-0.4, -0.2) is 31.3 Å². The second-order valence-corrected chi connectivity index (χ2v) is 7.72. The standard InChI is InChI=1S/C25H23N3O5/c1-32-22-14-23(33-2)21(28(30)31)13-17(22)16-26-27-24(29)20-15-25(20,18-9-5-3-6-10-18)19-11-7-4-8-12-19/h3-14,16,20H,15H2,1-2H3,(H,27,29)/b26-16-/t20-/m1/s1. The molecule has 3 aromatic carbocycles. The van der Waals surface area contributed by atoms with Gasteiger partial charge >= 0.3 is 5.69 Å². The normalized spacial score (nSPS) is 16.2. The van der Waals surface area contributed by atoms with E-state index in [4.69, 9.17) is 9.47 Å². The van der Waals surface area contributed by atoms with Crippen LogP contribution < -0.4 is 14.9 Å². The van der Waals surface area contributed by atoms with Crippen LogP contribution in [0.1, 0.15) is 23.1 Å². The molecule has 4 rings (SSSR count). The molecular formula is C25H23N3O5. The lowest BCUT2D eigenvalue weighted by molar-refractivity contribution is -0.385. The smallest absolute Gasteiger partial charge is 0.311 e. The van der Waals surface area contributed by atoms with Gasteiger partial charge in [-0.05, 0) is 17.5 Å². The molecule has 0 aliphatic heterocycles. The first-order valence-electron chi connectivity index (χ1n) is 10.4. The van der Waals surface area contributed by atoms with Crippen LogP contribution in [0.15, 0.2) is 77.9 Å². The van der Waals surface area contributed by atoms with Gasteiger partial charge in [0.15, 0.2) is 0 Å². The molecule has 3 aromatic rings. The summed E-state index contributed by atoms with van der Waals surface area (Å²) in [7, 11) is 2.78. The molecule has 0 unspecified atom stereocenters. The molecule has 0 spiro atoms. The quantitative estimate of drug-likeness (QED) is 0.320. The van der Waals surface area contributed by atoms with Gasteiger partial charge in [-0.3, -0.25) is 14.9 Å². The SMILES string of the molecule is COc1cc(OC)c([N+](=O)[O-])cc1/C=N\NC(=O)[C@H]1CC1(c1ccccc1)c1ccccc1. The maximum absolute atomic E-state index is 13.0. The second kappa shape index (κ2) is 9.12. The monoisotopic (exact) mass is 445 g/mol. The predicted molar refractivity (Wildman–Crippen MR) is 124 cm³/mol. The Hall–Kier alpha value is -4.20. The number of nitrogens with one attached hydrogen (secondary N) is 1. The van der Waals surface area contributed by atoms with Crippen molar-refractivity contribution in [3.63, 3.8) is 0 Å². The molecule has 33 heavy (non-hydrogen) atoms. The fourth-order valence-electron chi connectivity index (χ4n) is 4.25. The number of nitro groups is 1. The number of carbonyl (C=O) groups excluding carboxylic acids is 1. The molecule has 8 nitrogen and oxygen atoms in total. The Morgan fingerprint density at radius 1 is 1.03 bits per heavy atom. The summed E-state index contributed by atoms with van der Waals surface area (Å²) in [6.07, 6.45) is 2.00. The van der Waals surface area contributed by atoms with E-state index in [-0.39, 0.29) is 23.3 Å². The molecule has 1 aliphatic carbocycles. The lowest BCUT2D eigenvalue weighted by Gasteiger charge is -2.18. The zero-order valence-corrected chi connectivity index (χ0v) is 18.2. The van der Waals surface area contributed by atoms with Gasteiger partial charge in [-0.1, -0.05) is 60.7 Å². The Morgan fingerprint density at radius 3 is 2.12 bits per heavy atom. The highest BCUT2D eigenvalue weighted by Gasteiger charge is 2.60. The Bertz CT molecular complexity index is 1160. The zero-order valence-electron chi connectivity index (χ0n) is 18.2. The van der Waals surface area contributed by atoms with Crippen LogP contribution in [0.3, 0.4) is 0 Å². The van der Waals surface area contributed by atoms with Gasteiger partial charge in [-0.25, -0.2) is 5.43 Å². The molecule has 0 heterocycles. The summed E-state index contributed by atoms with van der Waals surface area (Å²) in [5.41, 5.74) is 4.46. The number of amides is 1. The van der Waals surface area contributed by atoms with Gasteiger partial charge in [0.1, 0.15) is 5.75 Å². The molecule has 0 bridgehead atoms. The lowest BCUT2D eigenvalue weighted by atomic mass is 9.85. The Morgan fingerprint density at radius 2 is 1.61 bits per heavy atom.